The van der Waals surface area contributed by atoms with Crippen LogP contribution in [0.25, 0.3) is 0 Å². The average Bonchev–Trinajstić information content (AvgIpc) is 3.16. The molecule has 2 aromatic rings. The van der Waals surface area contributed by atoms with Crippen molar-refractivity contribution in [2.75, 3.05) is 0 Å². The first-order valence-corrected chi connectivity index (χ1v) is 8.94. The number of sulfonamides is 1. The molecule has 1 atom stereocenters. The molecule has 2 heterocycles. The standard InChI is InChI=1S/C15H14F2N4O4S/c1-9(14(22)25-8-12-18-6-7-21(12)15(16)17)19-13-10-4-2-3-5-11(10)26(23,24)20-13/h2-7,9,15H,8H2,1H3,(H,19,20). The lowest BCUT2D eigenvalue weighted by Crippen LogP contribution is -2.27. The van der Waals surface area contributed by atoms with Crippen molar-refractivity contribution >= 4 is 21.8 Å². The number of alkyl halides is 2. The zero-order valence-corrected chi connectivity index (χ0v) is 14.3. The maximum absolute atomic E-state index is 12.7. The maximum Gasteiger partial charge on any atom is 0.331 e. The van der Waals surface area contributed by atoms with E-state index in [0.717, 1.165) is 6.20 Å². The molecule has 11 heteroatoms. The molecule has 1 aliphatic heterocycles. The number of carbonyl (C=O) groups excluding carboxylic acids is 1. The van der Waals surface area contributed by atoms with Crippen LogP contribution in [0, 0.1) is 0 Å². The molecular formula is C15H14F2N4O4S. The van der Waals surface area contributed by atoms with Gasteiger partial charge in [0.05, 0.1) is 4.90 Å². The van der Waals surface area contributed by atoms with Crippen LogP contribution in [0.15, 0.2) is 46.5 Å². The van der Waals surface area contributed by atoms with Gasteiger partial charge in [-0.25, -0.2) is 18.2 Å². The highest BCUT2D eigenvalue weighted by molar-refractivity contribution is 7.90. The molecule has 0 bridgehead atoms. The van der Waals surface area contributed by atoms with Crippen LogP contribution in [0.3, 0.4) is 0 Å². The third-order valence-corrected chi connectivity index (χ3v) is 5.03. The Balaban J connectivity index is 1.72. The molecule has 3 rings (SSSR count). The van der Waals surface area contributed by atoms with Gasteiger partial charge < -0.3 is 4.74 Å². The molecule has 138 valence electrons. The number of esters is 1. The molecule has 0 spiro atoms. The molecule has 1 N–H and O–H groups in total. The van der Waals surface area contributed by atoms with E-state index in [1.807, 2.05) is 0 Å². The Hall–Kier alpha value is -2.82. The minimum absolute atomic E-state index is 0.0270. The molecule has 0 fully saturated rings. The summed E-state index contributed by atoms with van der Waals surface area (Å²) < 4.78 is 57.3. The van der Waals surface area contributed by atoms with Gasteiger partial charge in [-0.1, -0.05) is 12.1 Å². The molecule has 0 saturated carbocycles. The molecule has 8 nitrogen and oxygen atoms in total. The zero-order valence-electron chi connectivity index (χ0n) is 13.5. The van der Waals surface area contributed by atoms with Crippen LogP contribution in [0.4, 0.5) is 8.78 Å². The number of aliphatic imine (C=N–C) groups is 1. The molecule has 1 unspecified atom stereocenters. The van der Waals surface area contributed by atoms with Crippen LogP contribution in [-0.2, 0) is 26.2 Å². The lowest BCUT2D eigenvalue weighted by Gasteiger charge is -2.10. The summed E-state index contributed by atoms with van der Waals surface area (Å²) in [6.45, 7) is -1.84. The Kier molecular flexibility index (Phi) is 4.72. The number of ether oxygens (including phenoxy) is 1. The number of nitrogens with one attached hydrogen (secondary N) is 1. The van der Waals surface area contributed by atoms with Crippen molar-refractivity contribution in [2.45, 2.75) is 31.0 Å². The first kappa shape index (κ1) is 18.0. The molecule has 1 aliphatic rings. The van der Waals surface area contributed by atoms with Crippen molar-refractivity contribution in [2.24, 2.45) is 4.99 Å². The van der Waals surface area contributed by atoms with E-state index in [4.69, 9.17) is 4.74 Å². The molecule has 0 aliphatic carbocycles. The van der Waals surface area contributed by atoms with Crippen molar-refractivity contribution in [3.8, 4) is 0 Å². The fraction of sp³-hybridized carbons (Fsp3) is 0.267. The minimum atomic E-state index is -3.72. The van der Waals surface area contributed by atoms with Gasteiger partial charge in [-0.2, -0.15) is 8.78 Å². The van der Waals surface area contributed by atoms with Crippen LogP contribution in [0.1, 0.15) is 24.9 Å². The average molecular weight is 384 g/mol. The van der Waals surface area contributed by atoms with Crippen molar-refractivity contribution in [1.29, 1.82) is 0 Å². The summed E-state index contributed by atoms with van der Waals surface area (Å²) in [5, 5.41) is 0. The Bertz CT molecular complexity index is 972. The van der Waals surface area contributed by atoms with E-state index in [1.54, 1.807) is 18.2 Å². The van der Waals surface area contributed by atoms with Gasteiger partial charge in [0.25, 0.3) is 10.0 Å². The quantitative estimate of drug-likeness (QED) is 0.786. The van der Waals surface area contributed by atoms with Crippen LogP contribution in [0.2, 0.25) is 0 Å². The number of halogens is 2. The normalized spacial score (nSPS) is 17.8. The second-order valence-electron chi connectivity index (χ2n) is 5.39. The van der Waals surface area contributed by atoms with E-state index in [1.165, 1.54) is 19.2 Å². The summed E-state index contributed by atoms with van der Waals surface area (Å²) in [5.74, 6) is -0.885. The summed E-state index contributed by atoms with van der Waals surface area (Å²) in [5.41, 5.74) is 0.348. The van der Waals surface area contributed by atoms with Crippen molar-refractivity contribution < 1.29 is 26.7 Å². The van der Waals surface area contributed by atoms with Crippen molar-refractivity contribution in [3.05, 3.63) is 48.0 Å². The lowest BCUT2D eigenvalue weighted by atomic mass is 10.2. The van der Waals surface area contributed by atoms with E-state index < -0.39 is 35.2 Å². The van der Waals surface area contributed by atoms with E-state index in [0.29, 0.717) is 10.1 Å². The zero-order chi connectivity index (χ0) is 18.9. The van der Waals surface area contributed by atoms with Crippen LogP contribution in [-0.4, -0.2) is 35.8 Å². The molecule has 26 heavy (non-hydrogen) atoms. The van der Waals surface area contributed by atoms with Crippen LogP contribution < -0.4 is 4.72 Å². The number of carbonyl (C=O) groups is 1. The number of fused-ring (bicyclic) bond motifs is 1. The van der Waals surface area contributed by atoms with Gasteiger partial charge >= 0.3 is 12.5 Å². The third kappa shape index (κ3) is 3.43. The highest BCUT2D eigenvalue weighted by Gasteiger charge is 2.31. The molecule has 1 aromatic heterocycles. The van der Waals surface area contributed by atoms with E-state index in [9.17, 15) is 22.0 Å². The monoisotopic (exact) mass is 384 g/mol. The third-order valence-electron chi connectivity index (χ3n) is 3.63. The fourth-order valence-electron chi connectivity index (χ4n) is 2.37. The second kappa shape index (κ2) is 6.83. The Morgan fingerprint density at radius 1 is 1.38 bits per heavy atom. The summed E-state index contributed by atoms with van der Waals surface area (Å²) in [7, 11) is -3.72. The number of hydrogen-bond acceptors (Lipinski definition) is 6. The number of benzene rings is 1. The van der Waals surface area contributed by atoms with Gasteiger partial charge in [0.15, 0.2) is 5.82 Å². The second-order valence-corrected chi connectivity index (χ2v) is 7.04. The van der Waals surface area contributed by atoms with Gasteiger partial charge in [-0.05, 0) is 19.1 Å². The fourth-order valence-corrected chi connectivity index (χ4v) is 3.60. The minimum Gasteiger partial charge on any atom is -0.456 e. The maximum atomic E-state index is 12.7. The predicted molar refractivity (Wildman–Crippen MR) is 86.0 cm³/mol. The Morgan fingerprint density at radius 2 is 2.12 bits per heavy atom. The van der Waals surface area contributed by atoms with Gasteiger partial charge in [0.1, 0.15) is 18.5 Å². The number of aromatic nitrogens is 2. The first-order valence-electron chi connectivity index (χ1n) is 7.46. The van der Waals surface area contributed by atoms with Gasteiger partial charge in [0.2, 0.25) is 0 Å². The Morgan fingerprint density at radius 3 is 2.85 bits per heavy atom. The van der Waals surface area contributed by atoms with E-state index >= 15 is 0 Å². The molecule has 0 amide bonds. The lowest BCUT2D eigenvalue weighted by molar-refractivity contribution is -0.146. The number of nitrogens with zero attached hydrogens (tertiary/aromatic N) is 3. The molecule has 0 saturated heterocycles. The summed E-state index contributed by atoms with van der Waals surface area (Å²) in [6, 6.07) is 5.15. The Labute approximate surface area is 147 Å². The highest BCUT2D eigenvalue weighted by Crippen LogP contribution is 2.22. The van der Waals surface area contributed by atoms with Gasteiger partial charge in [-0.15, -0.1) is 0 Å². The summed E-state index contributed by atoms with van der Waals surface area (Å²) >= 11 is 0. The van der Waals surface area contributed by atoms with E-state index in [2.05, 4.69) is 14.7 Å². The van der Waals surface area contributed by atoms with Crippen molar-refractivity contribution in [3.63, 3.8) is 0 Å². The van der Waals surface area contributed by atoms with E-state index in [-0.39, 0.29) is 16.6 Å². The predicted octanol–water partition coefficient (Wildman–Crippen LogP) is 1.45. The van der Waals surface area contributed by atoms with Gasteiger partial charge in [-0.3, -0.25) is 14.3 Å². The molecule has 1 aromatic carbocycles. The molecular weight excluding hydrogens is 370 g/mol. The van der Waals surface area contributed by atoms with Crippen LogP contribution in [0.5, 0.6) is 0 Å². The highest BCUT2D eigenvalue weighted by atomic mass is 32.2. The largest absolute Gasteiger partial charge is 0.456 e. The topological polar surface area (TPSA) is 103 Å². The summed E-state index contributed by atoms with van der Waals surface area (Å²) in [4.78, 5) is 19.9. The number of imidazole rings is 1. The number of amidine groups is 1. The number of hydrogen-bond donors (Lipinski definition) is 1. The number of rotatable bonds is 5. The first-order chi connectivity index (χ1) is 12.3. The molecule has 0 radical (unpaired) electrons. The SMILES string of the molecule is CC(N=C1NS(=O)(=O)c2ccccc21)C(=O)OCc1nccn1C(F)F. The smallest absolute Gasteiger partial charge is 0.331 e. The van der Waals surface area contributed by atoms with Gasteiger partial charge in [0, 0.05) is 18.0 Å². The summed E-state index contributed by atoms with van der Waals surface area (Å²) in [6.07, 6.45) is 2.24. The van der Waals surface area contributed by atoms with Crippen LogP contribution >= 0.6 is 0 Å². The van der Waals surface area contributed by atoms with Crippen molar-refractivity contribution in [1.82, 2.24) is 14.3 Å².